The Hall–Kier alpha value is -1.08. The second-order valence-electron chi connectivity index (χ2n) is 4.48. The van der Waals surface area contributed by atoms with Crippen molar-refractivity contribution in [3.63, 3.8) is 0 Å². The first-order valence-corrected chi connectivity index (χ1v) is 8.05. The van der Waals surface area contributed by atoms with E-state index < -0.39 is 17.6 Å². The first kappa shape index (κ1) is 17.3. The van der Waals surface area contributed by atoms with Crippen molar-refractivity contribution >= 4 is 31.9 Å². The summed E-state index contributed by atoms with van der Waals surface area (Å²) in [6, 6.07) is 7.73. The van der Waals surface area contributed by atoms with E-state index >= 15 is 0 Å². The molecule has 0 fully saturated rings. The summed E-state index contributed by atoms with van der Waals surface area (Å²) in [4.78, 5) is 0. The maximum Gasteiger partial charge on any atom is 0.416 e. The quantitative estimate of drug-likeness (QED) is 0.412. The van der Waals surface area contributed by atoms with Gasteiger partial charge in [-0.1, -0.05) is 37.9 Å². The summed E-state index contributed by atoms with van der Waals surface area (Å²) >= 11 is 6.28. The molecule has 0 radical (unpaired) electrons. The van der Waals surface area contributed by atoms with Gasteiger partial charge >= 0.3 is 6.18 Å². The van der Waals surface area contributed by atoms with E-state index in [1.54, 1.807) is 12.1 Å². The second kappa shape index (κ2) is 7.00. The zero-order chi connectivity index (χ0) is 16.3. The molecule has 0 N–H and O–H groups in total. The molecule has 0 aliphatic carbocycles. The Morgan fingerprint density at radius 1 is 1.00 bits per heavy atom. The van der Waals surface area contributed by atoms with Gasteiger partial charge in [0.15, 0.2) is 0 Å². The lowest BCUT2D eigenvalue weighted by molar-refractivity contribution is -0.137. The zero-order valence-electron chi connectivity index (χ0n) is 11.1. The Kier molecular flexibility index (Phi) is 5.50. The van der Waals surface area contributed by atoms with Crippen molar-refractivity contribution in [3.8, 4) is 5.75 Å². The van der Waals surface area contributed by atoms with Crippen LogP contribution in [-0.2, 0) is 18.1 Å². The lowest BCUT2D eigenvalue weighted by Gasteiger charge is -2.13. The number of benzene rings is 2. The summed E-state index contributed by atoms with van der Waals surface area (Å²) in [5.74, 6) is -0.158. The van der Waals surface area contributed by atoms with Crippen LogP contribution in [-0.4, -0.2) is 0 Å². The van der Waals surface area contributed by atoms with Gasteiger partial charge in [-0.25, -0.2) is 4.39 Å². The Morgan fingerprint density at radius 2 is 1.73 bits per heavy atom. The first-order chi connectivity index (χ1) is 10.3. The molecule has 0 aromatic heterocycles. The lowest BCUT2D eigenvalue weighted by Crippen LogP contribution is -2.06. The highest BCUT2D eigenvalue weighted by molar-refractivity contribution is 9.10. The average molecular weight is 442 g/mol. The predicted molar refractivity (Wildman–Crippen MR) is 82.5 cm³/mol. The number of alkyl halides is 4. The summed E-state index contributed by atoms with van der Waals surface area (Å²) in [5, 5.41) is 0.203. The van der Waals surface area contributed by atoms with Crippen molar-refractivity contribution in [1.82, 2.24) is 0 Å². The minimum atomic E-state index is -4.41. The van der Waals surface area contributed by atoms with Crippen LogP contribution < -0.4 is 4.74 Å². The molecule has 0 atom stereocenters. The van der Waals surface area contributed by atoms with Crippen molar-refractivity contribution < 1.29 is 22.3 Å². The summed E-state index contributed by atoms with van der Waals surface area (Å²) in [7, 11) is 0. The highest BCUT2D eigenvalue weighted by Crippen LogP contribution is 2.33. The summed E-state index contributed by atoms with van der Waals surface area (Å²) in [6.45, 7) is -0.0650. The molecule has 1 nitrogen and oxygen atoms in total. The molecule has 7 heteroatoms. The van der Waals surface area contributed by atoms with E-state index in [2.05, 4.69) is 31.9 Å². The van der Waals surface area contributed by atoms with Gasteiger partial charge < -0.3 is 4.74 Å². The van der Waals surface area contributed by atoms with E-state index in [0.717, 1.165) is 12.1 Å². The predicted octanol–water partition coefficient (Wildman–Crippen LogP) is 6.08. The van der Waals surface area contributed by atoms with Crippen molar-refractivity contribution in [2.45, 2.75) is 18.1 Å². The Labute approximate surface area is 141 Å². The SMILES string of the molecule is Fc1cc(Br)ccc1COc1ccc(C(F)(F)F)cc1CBr. The van der Waals surface area contributed by atoms with Gasteiger partial charge in [-0.2, -0.15) is 13.2 Å². The van der Waals surface area contributed by atoms with E-state index in [0.29, 0.717) is 15.6 Å². The average Bonchev–Trinajstić information content (AvgIpc) is 2.45. The van der Waals surface area contributed by atoms with Gasteiger partial charge in [-0.05, 0) is 30.3 Å². The largest absolute Gasteiger partial charge is 0.488 e. The second-order valence-corrected chi connectivity index (χ2v) is 5.95. The smallest absolute Gasteiger partial charge is 0.416 e. The minimum Gasteiger partial charge on any atom is -0.488 e. The van der Waals surface area contributed by atoms with Gasteiger partial charge in [-0.3, -0.25) is 0 Å². The first-order valence-electron chi connectivity index (χ1n) is 6.14. The van der Waals surface area contributed by atoms with Crippen LogP contribution in [0.1, 0.15) is 16.7 Å². The third-order valence-corrected chi connectivity index (χ3v) is 4.03. The van der Waals surface area contributed by atoms with Gasteiger partial charge in [-0.15, -0.1) is 0 Å². The van der Waals surface area contributed by atoms with Gasteiger partial charge in [0.1, 0.15) is 18.2 Å². The fourth-order valence-corrected chi connectivity index (χ4v) is 2.57. The molecule has 0 amide bonds. The third kappa shape index (κ3) is 4.23. The van der Waals surface area contributed by atoms with Crippen molar-refractivity contribution in [2.75, 3.05) is 0 Å². The molecule has 2 aromatic rings. The molecule has 0 spiro atoms. The van der Waals surface area contributed by atoms with Crippen LogP contribution in [0.4, 0.5) is 17.6 Å². The normalized spacial score (nSPS) is 11.5. The summed E-state index contributed by atoms with van der Waals surface area (Å²) in [5.41, 5.74) is -0.0694. The summed E-state index contributed by atoms with van der Waals surface area (Å²) < 4.78 is 57.7. The van der Waals surface area contributed by atoms with E-state index in [1.165, 1.54) is 12.1 Å². The molecule has 0 aliphatic heterocycles. The van der Waals surface area contributed by atoms with Gasteiger partial charge in [0.25, 0.3) is 0 Å². The van der Waals surface area contributed by atoms with Crippen molar-refractivity contribution in [3.05, 3.63) is 63.4 Å². The molecule has 0 heterocycles. The molecule has 0 saturated heterocycles. The summed E-state index contributed by atoms with van der Waals surface area (Å²) in [6.07, 6.45) is -4.41. The molecule has 0 saturated carbocycles. The van der Waals surface area contributed by atoms with Gasteiger partial charge in [0.05, 0.1) is 5.56 Å². The van der Waals surface area contributed by atoms with Crippen LogP contribution in [0, 0.1) is 5.82 Å². The third-order valence-electron chi connectivity index (χ3n) is 2.93. The fraction of sp³-hybridized carbons (Fsp3) is 0.200. The zero-order valence-corrected chi connectivity index (χ0v) is 14.2. The number of rotatable bonds is 4. The number of halogens is 6. The Bertz CT molecular complexity index is 671. The van der Waals surface area contributed by atoms with E-state index in [4.69, 9.17) is 4.74 Å². The Morgan fingerprint density at radius 3 is 2.32 bits per heavy atom. The van der Waals surface area contributed by atoms with E-state index in [-0.39, 0.29) is 17.7 Å². The fourth-order valence-electron chi connectivity index (χ4n) is 1.80. The van der Waals surface area contributed by atoms with Crippen LogP contribution in [0.15, 0.2) is 40.9 Å². The van der Waals surface area contributed by atoms with E-state index in [9.17, 15) is 17.6 Å². The van der Waals surface area contributed by atoms with Crippen LogP contribution in [0.5, 0.6) is 5.75 Å². The number of hydrogen-bond donors (Lipinski definition) is 0. The molecule has 22 heavy (non-hydrogen) atoms. The van der Waals surface area contributed by atoms with Crippen LogP contribution in [0.25, 0.3) is 0 Å². The Balaban J connectivity index is 2.19. The molecule has 2 aromatic carbocycles. The number of hydrogen-bond acceptors (Lipinski definition) is 1. The maximum atomic E-state index is 13.7. The molecule has 118 valence electrons. The van der Waals surface area contributed by atoms with Crippen LogP contribution >= 0.6 is 31.9 Å². The lowest BCUT2D eigenvalue weighted by atomic mass is 10.1. The maximum absolute atomic E-state index is 13.7. The monoisotopic (exact) mass is 440 g/mol. The molecule has 0 aliphatic rings. The van der Waals surface area contributed by atoms with Gasteiger partial charge in [0, 0.05) is 20.9 Å². The minimum absolute atomic E-state index is 0.0650. The molecular weight excluding hydrogens is 432 g/mol. The molecule has 0 unspecified atom stereocenters. The number of ether oxygens (including phenoxy) is 1. The highest BCUT2D eigenvalue weighted by Gasteiger charge is 2.31. The standard InChI is InChI=1S/C15H10Br2F4O/c16-7-10-5-11(15(19,20)21)2-4-14(10)22-8-9-1-3-12(17)6-13(9)18/h1-6H,7-8H2. The highest BCUT2D eigenvalue weighted by atomic mass is 79.9. The molecular formula is C15H10Br2F4O. The topological polar surface area (TPSA) is 9.23 Å². The van der Waals surface area contributed by atoms with Gasteiger partial charge in [0.2, 0.25) is 0 Å². The van der Waals surface area contributed by atoms with Crippen molar-refractivity contribution in [1.29, 1.82) is 0 Å². The van der Waals surface area contributed by atoms with Crippen LogP contribution in [0.2, 0.25) is 0 Å². The molecule has 2 rings (SSSR count). The molecule has 0 bridgehead atoms. The van der Waals surface area contributed by atoms with Crippen LogP contribution in [0.3, 0.4) is 0 Å². The van der Waals surface area contributed by atoms with Crippen molar-refractivity contribution in [2.24, 2.45) is 0 Å². The van der Waals surface area contributed by atoms with E-state index in [1.807, 2.05) is 0 Å².